The van der Waals surface area contributed by atoms with Crippen molar-refractivity contribution in [3.05, 3.63) is 23.4 Å². The van der Waals surface area contributed by atoms with Crippen molar-refractivity contribution in [3.63, 3.8) is 0 Å². The lowest BCUT2D eigenvalue weighted by Gasteiger charge is -2.26. The molecule has 9 heteroatoms. The molecular formula is C19H32ClIN6O. The summed E-state index contributed by atoms with van der Waals surface area (Å²) in [6, 6.07) is 4.11. The fourth-order valence-electron chi connectivity index (χ4n) is 3.50. The number of ether oxygens (including phenoxy) is 1. The summed E-state index contributed by atoms with van der Waals surface area (Å²) in [5.41, 5.74) is 0. The lowest BCUT2D eigenvalue weighted by molar-refractivity contribution is 0.0377. The molecule has 0 bridgehead atoms. The van der Waals surface area contributed by atoms with Gasteiger partial charge in [-0.1, -0.05) is 11.6 Å². The van der Waals surface area contributed by atoms with E-state index >= 15 is 0 Å². The van der Waals surface area contributed by atoms with Crippen molar-refractivity contribution >= 4 is 47.4 Å². The molecule has 1 aromatic rings. The molecule has 2 saturated heterocycles. The van der Waals surface area contributed by atoms with Gasteiger partial charge in [-0.25, -0.2) is 4.98 Å². The molecule has 3 heterocycles. The Bertz CT molecular complexity index is 614. The number of anilines is 1. The van der Waals surface area contributed by atoms with Crippen LogP contribution >= 0.6 is 35.6 Å². The molecule has 0 spiro atoms. The first-order valence-electron chi connectivity index (χ1n) is 9.96. The highest BCUT2D eigenvalue weighted by Crippen LogP contribution is 2.25. The van der Waals surface area contributed by atoms with Crippen LogP contribution in [0.3, 0.4) is 0 Å². The molecule has 2 fully saturated rings. The number of halogens is 2. The molecule has 0 aromatic carbocycles. The highest BCUT2D eigenvalue weighted by atomic mass is 127. The second-order valence-corrected chi connectivity index (χ2v) is 7.36. The third-order valence-corrected chi connectivity index (χ3v) is 5.21. The third kappa shape index (κ3) is 7.20. The number of nitrogens with one attached hydrogen (secondary N) is 2. The number of pyridine rings is 1. The molecule has 1 unspecified atom stereocenters. The molecular weight excluding hydrogens is 491 g/mol. The van der Waals surface area contributed by atoms with Gasteiger partial charge in [-0.05, 0) is 31.9 Å². The van der Waals surface area contributed by atoms with Crippen LogP contribution in [0.15, 0.2) is 23.3 Å². The van der Waals surface area contributed by atoms with E-state index in [1.54, 1.807) is 6.20 Å². The predicted molar refractivity (Wildman–Crippen MR) is 126 cm³/mol. The van der Waals surface area contributed by atoms with Gasteiger partial charge in [-0.15, -0.1) is 24.0 Å². The SMILES string of the molecule is CCNC(=NCCCN1CCOCC1)NC1CCN(c2ncccc2Cl)C1.I. The average Bonchev–Trinajstić information content (AvgIpc) is 3.15. The third-order valence-electron chi connectivity index (χ3n) is 4.92. The Kier molecular flexibility index (Phi) is 10.6. The van der Waals surface area contributed by atoms with Crippen molar-refractivity contribution in [1.29, 1.82) is 0 Å². The Morgan fingerprint density at radius 2 is 2.18 bits per heavy atom. The molecule has 2 N–H and O–H groups in total. The Balaban J connectivity index is 0.00000280. The number of rotatable bonds is 7. The summed E-state index contributed by atoms with van der Waals surface area (Å²) in [6.45, 7) is 10.5. The lowest BCUT2D eigenvalue weighted by atomic mass is 10.3. The van der Waals surface area contributed by atoms with Gasteiger partial charge in [0, 0.05) is 58.1 Å². The number of aromatic nitrogens is 1. The molecule has 0 aliphatic carbocycles. The van der Waals surface area contributed by atoms with Crippen LogP contribution in [-0.4, -0.2) is 80.9 Å². The van der Waals surface area contributed by atoms with Gasteiger partial charge < -0.3 is 20.3 Å². The normalized spacial score (nSPS) is 20.7. The molecule has 2 aliphatic heterocycles. The van der Waals surface area contributed by atoms with E-state index in [9.17, 15) is 0 Å². The molecule has 2 aliphatic rings. The molecule has 1 aromatic heterocycles. The Hall–Kier alpha value is -0.840. The van der Waals surface area contributed by atoms with Crippen LogP contribution in [0.2, 0.25) is 5.02 Å². The highest BCUT2D eigenvalue weighted by molar-refractivity contribution is 14.0. The van der Waals surface area contributed by atoms with Crippen LogP contribution in [0.25, 0.3) is 0 Å². The number of hydrogen-bond donors (Lipinski definition) is 2. The van der Waals surface area contributed by atoms with E-state index < -0.39 is 0 Å². The van der Waals surface area contributed by atoms with Crippen molar-refractivity contribution in [3.8, 4) is 0 Å². The lowest BCUT2D eigenvalue weighted by Crippen LogP contribution is -2.44. The van der Waals surface area contributed by atoms with Crippen LogP contribution in [-0.2, 0) is 4.74 Å². The zero-order valence-electron chi connectivity index (χ0n) is 16.6. The van der Waals surface area contributed by atoms with E-state index in [4.69, 9.17) is 21.3 Å². The Morgan fingerprint density at radius 1 is 1.36 bits per heavy atom. The summed E-state index contributed by atoms with van der Waals surface area (Å²) >= 11 is 6.28. The van der Waals surface area contributed by atoms with E-state index in [2.05, 4.69) is 32.3 Å². The maximum Gasteiger partial charge on any atom is 0.191 e. The summed E-state index contributed by atoms with van der Waals surface area (Å²) in [6.07, 6.45) is 3.91. The minimum absolute atomic E-state index is 0. The standard InChI is InChI=1S/C19H31ClN6O.HI/c1-2-21-19(23-8-4-9-25-11-13-27-14-12-25)24-16-6-10-26(15-16)18-17(20)5-3-7-22-18;/h3,5,7,16H,2,4,6,8-15H2,1H3,(H2,21,23,24);1H. The van der Waals surface area contributed by atoms with E-state index in [0.717, 1.165) is 83.6 Å². The van der Waals surface area contributed by atoms with Crippen molar-refractivity contribution < 1.29 is 4.74 Å². The molecule has 0 radical (unpaired) electrons. The molecule has 0 saturated carbocycles. The van der Waals surface area contributed by atoms with Crippen molar-refractivity contribution in [2.45, 2.75) is 25.8 Å². The number of morpholine rings is 1. The second kappa shape index (κ2) is 12.7. The van der Waals surface area contributed by atoms with E-state index in [1.807, 2.05) is 12.1 Å². The fourth-order valence-corrected chi connectivity index (χ4v) is 3.74. The summed E-state index contributed by atoms with van der Waals surface area (Å²) in [4.78, 5) is 13.9. The number of aliphatic imine (C=N–C) groups is 1. The highest BCUT2D eigenvalue weighted by Gasteiger charge is 2.25. The van der Waals surface area contributed by atoms with Gasteiger partial charge in [0.2, 0.25) is 0 Å². The van der Waals surface area contributed by atoms with Crippen molar-refractivity contribution in [2.75, 3.05) is 63.9 Å². The van der Waals surface area contributed by atoms with Gasteiger partial charge in [0.05, 0.1) is 18.2 Å². The number of nitrogens with zero attached hydrogens (tertiary/aromatic N) is 4. The van der Waals surface area contributed by atoms with E-state index in [0.29, 0.717) is 11.1 Å². The quantitative estimate of drug-likeness (QED) is 0.248. The first-order chi connectivity index (χ1) is 13.3. The molecule has 3 rings (SSSR count). The Labute approximate surface area is 190 Å². The smallest absolute Gasteiger partial charge is 0.191 e. The van der Waals surface area contributed by atoms with Crippen molar-refractivity contribution in [2.24, 2.45) is 4.99 Å². The van der Waals surface area contributed by atoms with E-state index in [-0.39, 0.29) is 24.0 Å². The van der Waals surface area contributed by atoms with Crippen LogP contribution in [0.5, 0.6) is 0 Å². The largest absolute Gasteiger partial charge is 0.379 e. The van der Waals surface area contributed by atoms with Gasteiger partial charge in [0.1, 0.15) is 5.82 Å². The van der Waals surface area contributed by atoms with Gasteiger partial charge in [0.15, 0.2) is 5.96 Å². The summed E-state index contributed by atoms with van der Waals surface area (Å²) in [7, 11) is 0. The Morgan fingerprint density at radius 3 is 2.93 bits per heavy atom. The summed E-state index contributed by atoms with van der Waals surface area (Å²) in [5.74, 6) is 1.77. The molecule has 7 nitrogen and oxygen atoms in total. The monoisotopic (exact) mass is 522 g/mol. The fraction of sp³-hybridized carbons (Fsp3) is 0.684. The average molecular weight is 523 g/mol. The minimum atomic E-state index is 0. The molecule has 28 heavy (non-hydrogen) atoms. The number of hydrogen-bond acceptors (Lipinski definition) is 5. The summed E-state index contributed by atoms with van der Waals surface area (Å²) < 4.78 is 5.39. The zero-order valence-corrected chi connectivity index (χ0v) is 19.7. The predicted octanol–water partition coefficient (Wildman–Crippen LogP) is 2.21. The van der Waals surface area contributed by atoms with Crippen LogP contribution in [0, 0.1) is 0 Å². The van der Waals surface area contributed by atoms with Crippen LogP contribution < -0.4 is 15.5 Å². The second-order valence-electron chi connectivity index (χ2n) is 6.95. The maximum absolute atomic E-state index is 6.28. The van der Waals surface area contributed by atoms with Gasteiger partial charge >= 0.3 is 0 Å². The molecule has 158 valence electrons. The number of guanidine groups is 1. The zero-order chi connectivity index (χ0) is 18.9. The van der Waals surface area contributed by atoms with Gasteiger partial charge in [-0.2, -0.15) is 0 Å². The van der Waals surface area contributed by atoms with E-state index in [1.165, 1.54) is 0 Å². The minimum Gasteiger partial charge on any atom is -0.379 e. The maximum atomic E-state index is 6.28. The van der Waals surface area contributed by atoms with Crippen LogP contribution in [0.4, 0.5) is 5.82 Å². The van der Waals surface area contributed by atoms with Crippen molar-refractivity contribution in [1.82, 2.24) is 20.5 Å². The van der Waals surface area contributed by atoms with Gasteiger partial charge in [-0.3, -0.25) is 9.89 Å². The molecule has 0 amide bonds. The van der Waals surface area contributed by atoms with Gasteiger partial charge in [0.25, 0.3) is 0 Å². The molecule has 1 atom stereocenters. The summed E-state index contributed by atoms with van der Waals surface area (Å²) in [5, 5.41) is 7.64. The first kappa shape index (κ1) is 23.4. The first-order valence-corrected chi connectivity index (χ1v) is 10.3. The topological polar surface area (TPSA) is 65.0 Å². The van der Waals surface area contributed by atoms with Crippen LogP contribution in [0.1, 0.15) is 19.8 Å².